The second-order valence-corrected chi connectivity index (χ2v) is 6.49. The first-order valence-electron chi connectivity index (χ1n) is 8.52. The molecule has 25 heavy (non-hydrogen) atoms. The maximum atomic E-state index is 12.5. The van der Waals surface area contributed by atoms with Crippen molar-refractivity contribution in [2.75, 3.05) is 19.6 Å². The quantitative estimate of drug-likeness (QED) is 0.742. The number of carbonyl (C=O) groups is 3. The Bertz CT molecular complexity index is 670. The molecule has 2 aliphatic heterocycles. The standard InChI is InChI=1S/C17H22N4O4/c1-11-8-14(19-12(2)18-11)25-13-4-3-7-20(9-13)17(24)10-21-15(22)5-6-16(21)23/h8,13H,3-7,9-10H2,1-2H3/t13-/m1/s1. The molecule has 2 saturated heterocycles. The number of imide groups is 1. The molecule has 1 aromatic heterocycles. The van der Waals surface area contributed by atoms with Gasteiger partial charge in [0, 0.05) is 31.1 Å². The number of piperidine rings is 1. The Morgan fingerprint density at radius 3 is 2.64 bits per heavy atom. The van der Waals surface area contributed by atoms with Crippen LogP contribution in [0.5, 0.6) is 5.88 Å². The molecular formula is C17H22N4O4. The van der Waals surface area contributed by atoms with E-state index in [9.17, 15) is 14.4 Å². The fourth-order valence-corrected chi connectivity index (χ4v) is 3.21. The van der Waals surface area contributed by atoms with Gasteiger partial charge in [0.25, 0.3) is 0 Å². The number of rotatable bonds is 4. The zero-order chi connectivity index (χ0) is 18.0. The number of likely N-dealkylation sites (tertiary alicyclic amines) is 2. The summed E-state index contributed by atoms with van der Waals surface area (Å²) in [5.74, 6) is 0.399. The highest BCUT2D eigenvalue weighted by atomic mass is 16.5. The Hall–Kier alpha value is -2.51. The van der Waals surface area contributed by atoms with Crippen LogP contribution >= 0.6 is 0 Å². The summed E-state index contributed by atoms with van der Waals surface area (Å²) in [5, 5.41) is 0. The number of hydrogen-bond donors (Lipinski definition) is 0. The van der Waals surface area contributed by atoms with Crippen LogP contribution in [0.2, 0.25) is 0 Å². The summed E-state index contributed by atoms with van der Waals surface area (Å²) >= 11 is 0. The predicted octanol–water partition coefficient (Wildman–Crippen LogP) is 0.612. The van der Waals surface area contributed by atoms with Crippen LogP contribution in [-0.4, -0.2) is 63.2 Å². The maximum absolute atomic E-state index is 12.5. The van der Waals surface area contributed by atoms with E-state index in [0.29, 0.717) is 24.8 Å². The van der Waals surface area contributed by atoms with Crippen LogP contribution < -0.4 is 4.74 Å². The fraction of sp³-hybridized carbons (Fsp3) is 0.588. The molecule has 0 N–H and O–H groups in total. The van der Waals surface area contributed by atoms with Crippen molar-refractivity contribution in [3.05, 3.63) is 17.6 Å². The number of aryl methyl sites for hydroxylation is 2. The van der Waals surface area contributed by atoms with Crippen LogP contribution in [0.4, 0.5) is 0 Å². The van der Waals surface area contributed by atoms with Crippen LogP contribution in [0.15, 0.2) is 6.07 Å². The monoisotopic (exact) mass is 346 g/mol. The highest BCUT2D eigenvalue weighted by molar-refractivity contribution is 6.04. The minimum Gasteiger partial charge on any atom is -0.472 e. The minimum absolute atomic E-state index is 0.156. The zero-order valence-electron chi connectivity index (χ0n) is 14.5. The van der Waals surface area contributed by atoms with Gasteiger partial charge in [-0.25, -0.2) is 4.98 Å². The molecule has 1 atom stereocenters. The van der Waals surface area contributed by atoms with Gasteiger partial charge in [0.2, 0.25) is 23.6 Å². The van der Waals surface area contributed by atoms with Crippen molar-refractivity contribution in [2.24, 2.45) is 0 Å². The van der Waals surface area contributed by atoms with E-state index in [4.69, 9.17) is 4.74 Å². The molecule has 2 aliphatic rings. The van der Waals surface area contributed by atoms with Gasteiger partial charge in [0.05, 0.1) is 6.54 Å². The molecule has 0 saturated carbocycles. The van der Waals surface area contributed by atoms with E-state index in [1.54, 1.807) is 17.9 Å². The molecule has 0 bridgehead atoms. The van der Waals surface area contributed by atoms with Gasteiger partial charge in [-0.05, 0) is 26.7 Å². The van der Waals surface area contributed by atoms with E-state index in [0.717, 1.165) is 23.4 Å². The molecule has 3 rings (SSSR count). The van der Waals surface area contributed by atoms with Crippen molar-refractivity contribution in [2.45, 2.75) is 45.6 Å². The first-order chi connectivity index (χ1) is 11.9. The smallest absolute Gasteiger partial charge is 0.242 e. The van der Waals surface area contributed by atoms with Crippen molar-refractivity contribution >= 4 is 17.7 Å². The number of hydrogen-bond acceptors (Lipinski definition) is 6. The normalized spacial score (nSPS) is 21.0. The first kappa shape index (κ1) is 17.3. The SMILES string of the molecule is Cc1cc(O[C@@H]2CCCN(C(=O)CN3C(=O)CCC3=O)C2)nc(C)n1. The third kappa shape index (κ3) is 4.12. The molecule has 8 nitrogen and oxygen atoms in total. The average Bonchev–Trinajstić information content (AvgIpc) is 2.86. The molecule has 0 spiro atoms. The van der Waals surface area contributed by atoms with Crippen molar-refractivity contribution in [1.29, 1.82) is 0 Å². The molecular weight excluding hydrogens is 324 g/mol. The van der Waals surface area contributed by atoms with Crippen LogP contribution in [-0.2, 0) is 14.4 Å². The summed E-state index contributed by atoms with van der Waals surface area (Å²) in [4.78, 5) is 47.0. The van der Waals surface area contributed by atoms with Gasteiger partial charge in [-0.1, -0.05) is 0 Å². The molecule has 3 amide bonds. The van der Waals surface area contributed by atoms with Gasteiger partial charge in [0.15, 0.2) is 0 Å². The summed E-state index contributed by atoms with van der Waals surface area (Å²) in [5.41, 5.74) is 0.831. The summed E-state index contributed by atoms with van der Waals surface area (Å²) in [6.07, 6.45) is 1.87. The Kier molecular flexibility index (Phi) is 4.96. The third-order valence-corrected chi connectivity index (χ3v) is 4.41. The summed E-state index contributed by atoms with van der Waals surface area (Å²) < 4.78 is 5.92. The van der Waals surface area contributed by atoms with Gasteiger partial charge in [-0.15, -0.1) is 0 Å². The molecule has 0 aliphatic carbocycles. The average molecular weight is 346 g/mol. The second kappa shape index (κ2) is 7.16. The summed E-state index contributed by atoms with van der Waals surface area (Å²) in [6, 6.07) is 1.77. The lowest BCUT2D eigenvalue weighted by atomic mass is 10.1. The van der Waals surface area contributed by atoms with Gasteiger partial charge in [-0.2, -0.15) is 4.98 Å². The van der Waals surface area contributed by atoms with E-state index in [1.165, 1.54) is 0 Å². The number of aromatic nitrogens is 2. The molecule has 2 fully saturated rings. The fourth-order valence-electron chi connectivity index (χ4n) is 3.21. The predicted molar refractivity (Wildman–Crippen MR) is 87.7 cm³/mol. The van der Waals surface area contributed by atoms with Gasteiger partial charge in [0.1, 0.15) is 18.5 Å². The van der Waals surface area contributed by atoms with Crippen molar-refractivity contribution in [1.82, 2.24) is 19.8 Å². The van der Waals surface area contributed by atoms with Crippen molar-refractivity contribution in [3.63, 3.8) is 0 Å². The Labute approximate surface area is 146 Å². The number of amides is 3. The first-order valence-corrected chi connectivity index (χ1v) is 8.52. The minimum atomic E-state index is -0.268. The Balaban J connectivity index is 1.59. The molecule has 0 unspecified atom stereocenters. The van der Waals surface area contributed by atoms with Crippen LogP contribution in [0, 0.1) is 13.8 Å². The topological polar surface area (TPSA) is 92.7 Å². The summed E-state index contributed by atoms with van der Waals surface area (Å²) in [6.45, 7) is 4.55. The summed E-state index contributed by atoms with van der Waals surface area (Å²) in [7, 11) is 0. The van der Waals surface area contributed by atoms with E-state index in [2.05, 4.69) is 9.97 Å². The van der Waals surface area contributed by atoms with Crippen molar-refractivity contribution in [3.8, 4) is 5.88 Å². The van der Waals surface area contributed by atoms with Gasteiger partial charge < -0.3 is 9.64 Å². The number of ether oxygens (including phenoxy) is 1. The number of nitrogens with zero attached hydrogens (tertiary/aromatic N) is 4. The van der Waals surface area contributed by atoms with Crippen LogP contribution in [0.1, 0.15) is 37.2 Å². The van der Waals surface area contributed by atoms with Crippen LogP contribution in [0.3, 0.4) is 0 Å². The Morgan fingerprint density at radius 2 is 1.96 bits per heavy atom. The lowest BCUT2D eigenvalue weighted by Gasteiger charge is -2.33. The highest BCUT2D eigenvalue weighted by Crippen LogP contribution is 2.19. The maximum Gasteiger partial charge on any atom is 0.242 e. The molecule has 0 radical (unpaired) electrons. The molecule has 3 heterocycles. The van der Waals surface area contributed by atoms with Crippen molar-refractivity contribution < 1.29 is 19.1 Å². The van der Waals surface area contributed by atoms with Gasteiger partial charge >= 0.3 is 0 Å². The van der Waals surface area contributed by atoms with Crippen LogP contribution in [0.25, 0.3) is 0 Å². The molecule has 8 heteroatoms. The zero-order valence-corrected chi connectivity index (χ0v) is 14.5. The third-order valence-electron chi connectivity index (χ3n) is 4.41. The molecule has 0 aromatic carbocycles. The van der Waals surface area contributed by atoms with E-state index in [-0.39, 0.29) is 43.2 Å². The lowest BCUT2D eigenvalue weighted by Crippen LogP contribution is -2.48. The largest absolute Gasteiger partial charge is 0.472 e. The number of carbonyl (C=O) groups excluding carboxylic acids is 3. The van der Waals surface area contributed by atoms with E-state index >= 15 is 0 Å². The lowest BCUT2D eigenvalue weighted by molar-refractivity contribution is -0.146. The molecule has 1 aromatic rings. The Morgan fingerprint density at radius 1 is 1.24 bits per heavy atom. The van der Waals surface area contributed by atoms with Gasteiger partial charge in [-0.3, -0.25) is 19.3 Å². The second-order valence-electron chi connectivity index (χ2n) is 6.49. The molecule has 134 valence electrons. The van der Waals surface area contributed by atoms with E-state index in [1.807, 2.05) is 6.92 Å². The highest BCUT2D eigenvalue weighted by Gasteiger charge is 2.33. The van der Waals surface area contributed by atoms with E-state index < -0.39 is 0 Å².